The Hall–Kier alpha value is -9.94. The van der Waals surface area contributed by atoms with E-state index in [0.717, 1.165) is 98.2 Å². The molecule has 89 heavy (non-hydrogen) atoms. The summed E-state index contributed by atoms with van der Waals surface area (Å²) in [6.07, 6.45) is 15.6. The first-order valence-electron chi connectivity index (χ1n) is 34.3. The van der Waals surface area contributed by atoms with E-state index < -0.39 is 20.6 Å². The topological polar surface area (TPSA) is 81.0 Å². The largest absolute Gasteiger partial charge is 0.457 e. The Balaban J connectivity index is 0.000000118. The predicted molar refractivity (Wildman–Crippen MR) is 364 cm³/mol. The number of aryl methyl sites for hydroxylation is 9. The van der Waals surface area contributed by atoms with E-state index in [2.05, 4.69) is 136 Å². The summed E-state index contributed by atoms with van der Waals surface area (Å²) < 4.78 is 100. The van der Waals surface area contributed by atoms with E-state index in [-0.39, 0.29) is 27.4 Å². The number of pyridine rings is 4. The van der Waals surface area contributed by atoms with Crippen LogP contribution >= 0.6 is 0 Å². The van der Waals surface area contributed by atoms with Gasteiger partial charge in [0.2, 0.25) is 0 Å². The molecule has 4 aliphatic rings. The highest BCUT2D eigenvalue weighted by Gasteiger charge is 2.34. The van der Waals surface area contributed by atoms with E-state index in [1.807, 2.05) is 154 Å². The highest BCUT2D eigenvalue weighted by Crippen LogP contribution is 2.14. The van der Waals surface area contributed by atoms with Gasteiger partial charge in [-0.15, -0.1) is 0 Å². The third-order valence-electron chi connectivity index (χ3n) is 17.4. The van der Waals surface area contributed by atoms with Crippen molar-refractivity contribution in [3.63, 3.8) is 0 Å². The van der Waals surface area contributed by atoms with E-state index in [1.165, 1.54) is 21.8 Å². The fourth-order valence-electron chi connectivity index (χ4n) is 12.6. The molecule has 0 saturated heterocycles. The monoisotopic (exact) mass is 1180 g/mol. The van der Waals surface area contributed by atoms with Crippen LogP contribution in [0.1, 0.15) is 40.2 Å². The number of hydrogen-bond donors (Lipinski definition) is 0. The van der Waals surface area contributed by atoms with Crippen molar-refractivity contribution in [2.45, 2.75) is 34.4 Å². The minimum atomic E-state index is -2.11. The molecule has 16 rings (SSSR count). The van der Waals surface area contributed by atoms with Gasteiger partial charge < -0.3 is 36.9 Å². The number of para-hydroxylation sites is 4. The quantitative estimate of drug-likeness (QED) is 0.197. The maximum absolute atomic E-state index is 7.70. The van der Waals surface area contributed by atoms with Crippen molar-refractivity contribution in [1.82, 2.24) is 19.2 Å². The molecule has 0 atom stereocenters. The molecule has 4 aliphatic heterocycles. The van der Waals surface area contributed by atoms with Crippen molar-refractivity contribution in [1.29, 1.82) is 0 Å². The van der Waals surface area contributed by atoms with Gasteiger partial charge in [-0.2, -0.15) is 0 Å². The lowest BCUT2D eigenvalue weighted by atomic mass is 9.55. The van der Waals surface area contributed by atoms with E-state index in [0.29, 0.717) is 16.7 Å². The van der Waals surface area contributed by atoms with Crippen LogP contribution in [-0.2, 0) is 28.2 Å². The zero-order valence-corrected chi connectivity index (χ0v) is 51.7. The van der Waals surface area contributed by atoms with Gasteiger partial charge in [-0.3, -0.25) is 0 Å². The summed E-state index contributed by atoms with van der Waals surface area (Å²) in [4.78, 5) is 8.58. The highest BCUT2D eigenvalue weighted by molar-refractivity contribution is 6.84. The molecule has 0 bridgehead atoms. The van der Waals surface area contributed by atoms with Crippen LogP contribution in [0.5, 0.6) is 0 Å². The number of nitrogens with zero attached hydrogens (tertiary/aromatic N) is 8. The normalized spacial score (nSPS) is 15.7. The van der Waals surface area contributed by atoms with Gasteiger partial charge in [0, 0.05) is 95.8 Å². The molecule has 12 heterocycles. The molecule has 0 radical (unpaired) electrons. The summed E-state index contributed by atoms with van der Waals surface area (Å²) in [6.45, 7) is -2.20. The maximum Gasteiger partial charge on any atom is 0.399 e. The number of rotatable bonds is 4. The first-order valence-corrected chi connectivity index (χ1v) is 29.8. The predicted octanol–water partition coefficient (Wildman–Crippen LogP) is 2.18. The van der Waals surface area contributed by atoms with Gasteiger partial charge in [-0.05, 0) is 159 Å². The van der Waals surface area contributed by atoms with Crippen molar-refractivity contribution >= 4 is 142 Å². The fraction of sp³-hybridized carbons (Fsp3) is 0.178. The van der Waals surface area contributed by atoms with Gasteiger partial charge in [0.1, 0.15) is 72.2 Å². The molecule has 8 aromatic heterocycles. The van der Waals surface area contributed by atoms with Crippen LogP contribution in [0.2, 0.25) is 0 Å². The average Bonchev–Trinajstić information content (AvgIpc) is 1.55. The first kappa shape index (κ1) is 48.1. The van der Waals surface area contributed by atoms with Crippen molar-refractivity contribution < 1.29 is 48.3 Å². The van der Waals surface area contributed by atoms with Crippen LogP contribution < -0.4 is 83.2 Å². The van der Waals surface area contributed by atoms with E-state index in [4.69, 9.17) is 30.0 Å². The third kappa shape index (κ3) is 11.2. The van der Waals surface area contributed by atoms with Crippen LogP contribution in [0.4, 0.5) is 0 Å². The smallest absolute Gasteiger partial charge is 0.399 e. The molecule has 0 saturated carbocycles. The number of aromatic nitrogens is 4. The summed E-state index contributed by atoms with van der Waals surface area (Å²) in [5.41, 5.74) is 14.5. The third-order valence-corrected chi connectivity index (χ3v) is 17.4. The molecule has 0 spiro atoms. The number of hydrogen-bond acceptors (Lipinski definition) is 8. The minimum absolute atomic E-state index is 0.00385. The van der Waals surface area contributed by atoms with Crippen LogP contribution in [-0.4, -0.2) is 74.8 Å². The second-order valence-corrected chi connectivity index (χ2v) is 23.7. The Morgan fingerprint density at radius 3 is 1.17 bits per heavy atom. The van der Waals surface area contributed by atoms with Gasteiger partial charge in [-0.25, -0.2) is 18.3 Å². The van der Waals surface area contributed by atoms with Crippen LogP contribution in [0.3, 0.4) is 0 Å². The zero-order valence-electron chi connectivity index (χ0n) is 60.7. The molecule has 16 heteroatoms. The molecule has 0 fully saturated rings. The van der Waals surface area contributed by atoms with Crippen molar-refractivity contribution in [2.75, 3.05) is 28.2 Å². The average molecular weight is 1180 g/mol. The molecule has 0 amide bonds. The zero-order chi connectivity index (χ0) is 69.4. The maximum atomic E-state index is 7.70. The lowest BCUT2D eigenvalue weighted by molar-refractivity contribution is -0.654. The van der Waals surface area contributed by atoms with E-state index in [1.54, 1.807) is 30.7 Å². The van der Waals surface area contributed by atoms with Crippen molar-refractivity contribution in [2.24, 2.45) is 28.2 Å². The van der Waals surface area contributed by atoms with Gasteiger partial charge in [0.25, 0.3) is 0 Å². The lowest BCUT2D eigenvalue weighted by Crippen LogP contribution is -2.61. The second-order valence-electron chi connectivity index (χ2n) is 23.7. The Bertz CT molecular complexity index is 5690. The van der Waals surface area contributed by atoms with Gasteiger partial charge in [-0.1, -0.05) is 78.8 Å². The lowest BCUT2D eigenvalue weighted by Gasteiger charge is -2.21. The Morgan fingerprint density at radius 2 is 0.730 bits per heavy atom. The number of furan rings is 4. The van der Waals surface area contributed by atoms with Crippen LogP contribution in [0.25, 0.3) is 92.6 Å². The molecular weight excluding hydrogens is 1100 g/mol. The number of benzene rings is 4. The van der Waals surface area contributed by atoms with Gasteiger partial charge >= 0.3 is 27.4 Å². The molecule has 12 aromatic rings. The molecule has 0 N–H and O–H groups in total. The Morgan fingerprint density at radius 1 is 0.348 bits per heavy atom. The van der Waals surface area contributed by atoms with Gasteiger partial charge in [0.05, 0.1) is 0 Å². The molecule has 0 unspecified atom stereocenters. The standard InChI is InChI=1S/C19H20BN2O.3C18H18BN2O/c1-13-9-19(21(3)11-14(13)2)20-10-18-16(12-22(20)4)15-7-5-6-8-17(15)23-18;1-13-8-9-18(20(2)11-13)19-10-17-15(12-21(19)3)14-6-4-5-7-16(14)22-17;1-13-8-9-18(20(2)11-13)19-10-15-14-6-4-5-7-16(14)22-17(15)12-21(19)3;1-13-8-9-20(2)18(10-13)19-11-17-15(12-21(19)3)14-6-4-5-7-16(14)22-17/h5-12H,1-4H3;3*4-12H,1-3H3/q4*+1/i2D3;2*1D3;. The first-order chi connectivity index (χ1) is 46.6. The summed E-state index contributed by atoms with van der Waals surface area (Å²) in [5, 5.41) is 8.88. The Kier molecular flexibility index (Phi) is 12.8. The minimum Gasteiger partial charge on any atom is -0.457 e. The summed E-state index contributed by atoms with van der Waals surface area (Å²) >= 11 is 0. The van der Waals surface area contributed by atoms with Crippen LogP contribution in [0, 0.1) is 34.4 Å². The summed E-state index contributed by atoms with van der Waals surface area (Å²) in [6, 6.07) is 45.7. The second kappa shape index (κ2) is 23.6. The summed E-state index contributed by atoms with van der Waals surface area (Å²) in [5.74, 6) is 8.56. The summed E-state index contributed by atoms with van der Waals surface area (Å²) in [7, 11) is 15.9. The fourth-order valence-corrected chi connectivity index (χ4v) is 12.6. The van der Waals surface area contributed by atoms with E-state index in [9.17, 15) is 0 Å². The van der Waals surface area contributed by atoms with Crippen molar-refractivity contribution in [3.8, 4) is 0 Å². The molecule has 12 nitrogen and oxygen atoms in total. The highest BCUT2D eigenvalue weighted by atomic mass is 16.3. The molecule has 4 aromatic carbocycles. The molecule has 438 valence electrons. The van der Waals surface area contributed by atoms with Crippen LogP contribution in [0.15, 0.2) is 182 Å². The SMILES string of the molecule is Cc1cc[n+](C)c(B2C=c3oc4ccccc4c3=CN2C)c1.[2H]C([2H])([2H])c1c[n+](C)c(B2C=c3oc4ccccc4c3=CN2C)cc1C.[2H]C([2H])([2H])c1ccc(B2C=c3c(oc4ccccc34)=CN2C)[n+](C)c1.[2H]C([2H])([2H])c1ccc(B2C=c3oc4ccccc4c3=CN2C)[n+](C)c1. The Labute approximate surface area is 533 Å². The molecule has 0 aliphatic carbocycles. The van der Waals surface area contributed by atoms with Gasteiger partial charge in [0.15, 0.2) is 47.2 Å². The number of fused-ring (bicyclic) bond motifs is 12. The molecular formula is C73H74B4N8O4+4. The van der Waals surface area contributed by atoms with E-state index >= 15 is 0 Å². The van der Waals surface area contributed by atoms with Crippen molar-refractivity contribution in [3.05, 3.63) is 235 Å².